The molecule has 0 aliphatic carbocycles. The maximum atomic E-state index is 12.9. The van der Waals surface area contributed by atoms with Crippen LogP contribution in [-0.4, -0.2) is 6.61 Å². The zero-order valence-electron chi connectivity index (χ0n) is 9.96. The molecule has 1 aromatic rings. The average Bonchev–Trinajstić information content (AvgIpc) is 3.10. The monoisotopic (exact) mass is 256 g/mol. The Labute approximate surface area is 104 Å². The van der Waals surface area contributed by atoms with Gasteiger partial charge in [-0.2, -0.15) is 13.2 Å². The normalized spacial score (nSPS) is 22.8. The third-order valence-electron chi connectivity index (χ3n) is 3.20. The number of halogens is 3. The number of epoxide rings is 1. The van der Waals surface area contributed by atoms with Crippen LogP contribution in [-0.2, 0) is 16.5 Å². The lowest BCUT2D eigenvalue weighted by molar-refractivity contribution is -0.138. The molecule has 98 valence electrons. The molecule has 1 atom stereocenters. The SMILES string of the molecule is C=CCCCC1(c2ccccc2C(F)(F)F)CO1. The summed E-state index contributed by atoms with van der Waals surface area (Å²) in [5.74, 6) is 0. The van der Waals surface area contributed by atoms with Gasteiger partial charge in [-0.3, -0.25) is 0 Å². The third-order valence-corrected chi connectivity index (χ3v) is 3.20. The Kier molecular flexibility index (Phi) is 3.48. The van der Waals surface area contributed by atoms with Crippen LogP contribution in [0.5, 0.6) is 0 Å². The summed E-state index contributed by atoms with van der Waals surface area (Å²) >= 11 is 0. The van der Waals surface area contributed by atoms with E-state index < -0.39 is 17.3 Å². The lowest BCUT2D eigenvalue weighted by atomic mass is 9.90. The van der Waals surface area contributed by atoms with E-state index in [4.69, 9.17) is 4.74 Å². The standard InChI is InChI=1S/C14H15F3O/c1-2-3-6-9-13(10-18-13)11-7-4-5-8-12(11)14(15,16)17/h2,4-5,7-8H,1,3,6,9-10H2. The number of unbranched alkanes of at least 4 members (excludes halogenated alkanes) is 1. The molecule has 0 N–H and O–H groups in total. The van der Waals surface area contributed by atoms with Crippen molar-refractivity contribution < 1.29 is 17.9 Å². The van der Waals surface area contributed by atoms with E-state index in [0.717, 1.165) is 18.9 Å². The molecule has 1 saturated heterocycles. The van der Waals surface area contributed by atoms with Gasteiger partial charge in [-0.1, -0.05) is 24.3 Å². The van der Waals surface area contributed by atoms with Gasteiger partial charge in [0.05, 0.1) is 12.2 Å². The second-order valence-corrected chi connectivity index (χ2v) is 4.51. The fourth-order valence-corrected chi connectivity index (χ4v) is 2.18. The zero-order chi connectivity index (χ0) is 13.2. The number of benzene rings is 1. The van der Waals surface area contributed by atoms with Crippen molar-refractivity contribution in [1.29, 1.82) is 0 Å². The Balaban J connectivity index is 2.25. The fourth-order valence-electron chi connectivity index (χ4n) is 2.18. The van der Waals surface area contributed by atoms with Crippen molar-refractivity contribution in [2.45, 2.75) is 31.0 Å². The summed E-state index contributed by atoms with van der Waals surface area (Å²) in [4.78, 5) is 0. The van der Waals surface area contributed by atoms with Gasteiger partial charge in [0, 0.05) is 0 Å². The van der Waals surface area contributed by atoms with Crippen LogP contribution in [0, 0.1) is 0 Å². The van der Waals surface area contributed by atoms with Gasteiger partial charge in [0.2, 0.25) is 0 Å². The minimum Gasteiger partial charge on any atom is -0.364 e. The van der Waals surface area contributed by atoms with Crippen molar-refractivity contribution in [1.82, 2.24) is 0 Å². The maximum Gasteiger partial charge on any atom is 0.416 e. The first kappa shape index (κ1) is 13.1. The van der Waals surface area contributed by atoms with E-state index in [0.29, 0.717) is 13.0 Å². The quantitative estimate of drug-likeness (QED) is 0.435. The van der Waals surface area contributed by atoms with Gasteiger partial charge < -0.3 is 4.74 Å². The van der Waals surface area contributed by atoms with E-state index in [9.17, 15) is 13.2 Å². The van der Waals surface area contributed by atoms with E-state index in [1.54, 1.807) is 12.1 Å². The molecule has 1 aliphatic heterocycles. The first-order chi connectivity index (χ1) is 8.49. The summed E-state index contributed by atoms with van der Waals surface area (Å²) in [5, 5.41) is 0. The molecule has 4 heteroatoms. The predicted molar refractivity (Wildman–Crippen MR) is 63.1 cm³/mol. The molecular weight excluding hydrogens is 241 g/mol. The highest BCUT2D eigenvalue weighted by Crippen LogP contribution is 2.47. The minimum atomic E-state index is -4.33. The maximum absolute atomic E-state index is 12.9. The summed E-state index contributed by atoms with van der Waals surface area (Å²) in [6.45, 7) is 3.98. The van der Waals surface area contributed by atoms with E-state index in [-0.39, 0.29) is 5.56 Å². The molecule has 0 radical (unpaired) electrons. The highest BCUT2D eigenvalue weighted by atomic mass is 19.4. The van der Waals surface area contributed by atoms with Crippen molar-refractivity contribution in [3.63, 3.8) is 0 Å². The fraction of sp³-hybridized carbons (Fsp3) is 0.429. The molecule has 18 heavy (non-hydrogen) atoms. The zero-order valence-corrected chi connectivity index (χ0v) is 9.96. The summed E-state index contributed by atoms with van der Waals surface area (Å²) < 4.78 is 44.1. The van der Waals surface area contributed by atoms with Gasteiger partial charge in [0.25, 0.3) is 0 Å². The number of allylic oxidation sites excluding steroid dienone is 1. The molecule has 1 unspecified atom stereocenters. The summed E-state index contributed by atoms with van der Waals surface area (Å²) in [5.41, 5.74) is -1.04. The van der Waals surface area contributed by atoms with Gasteiger partial charge >= 0.3 is 6.18 Å². The number of alkyl halides is 3. The molecule has 1 heterocycles. The van der Waals surface area contributed by atoms with Crippen molar-refractivity contribution in [2.24, 2.45) is 0 Å². The minimum absolute atomic E-state index is 0.265. The van der Waals surface area contributed by atoms with Crippen LogP contribution in [0.2, 0.25) is 0 Å². The van der Waals surface area contributed by atoms with Gasteiger partial charge in [-0.05, 0) is 30.9 Å². The largest absolute Gasteiger partial charge is 0.416 e. The molecule has 1 aromatic carbocycles. The lowest BCUT2D eigenvalue weighted by Gasteiger charge is -2.18. The molecule has 0 amide bonds. The van der Waals surface area contributed by atoms with Gasteiger partial charge in [-0.25, -0.2) is 0 Å². The number of ether oxygens (including phenoxy) is 1. The summed E-state index contributed by atoms with van der Waals surface area (Å²) in [6, 6.07) is 5.67. The first-order valence-electron chi connectivity index (χ1n) is 5.91. The van der Waals surface area contributed by atoms with Crippen LogP contribution < -0.4 is 0 Å². The van der Waals surface area contributed by atoms with Crippen molar-refractivity contribution in [3.05, 3.63) is 48.0 Å². The van der Waals surface area contributed by atoms with Gasteiger partial charge in [0.15, 0.2) is 0 Å². The number of hydrogen-bond acceptors (Lipinski definition) is 1. The second kappa shape index (κ2) is 4.76. The van der Waals surface area contributed by atoms with Crippen LogP contribution in [0.3, 0.4) is 0 Å². The Morgan fingerprint density at radius 1 is 1.33 bits per heavy atom. The van der Waals surface area contributed by atoms with E-state index in [1.165, 1.54) is 12.1 Å². The summed E-state index contributed by atoms with van der Waals surface area (Å²) in [7, 11) is 0. The molecule has 1 fully saturated rings. The van der Waals surface area contributed by atoms with Crippen LogP contribution in [0.4, 0.5) is 13.2 Å². The number of rotatable bonds is 5. The Hall–Kier alpha value is -1.29. The molecule has 0 spiro atoms. The molecule has 0 aromatic heterocycles. The van der Waals surface area contributed by atoms with Crippen LogP contribution in [0.1, 0.15) is 30.4 Å². The highest BCUT2D eigenvalue weighted by molar-refractivity contribution is 5.37. The van der Waals surface area contributed by atoms with Gasteiger partial charge in [-0.15, -0.1) is 6.58 Å². The Morgan fingerprint density at radius 3 is 2.56 bits per heavy atom. The van der Waals surface area contributed by atoms with Crippen LogP contribution in [0.25, 0.3) is 0 Å². The summed E-state index contributed by atoms with van der Waals surface area (Å²) in [6.07, 6.45) is -0.374. The van der Waals surface area contributed by atoms with Crippen LogP contribution >= 0.6 is 0 Å². The predicted octanol–water partition coefficient (Wildman–Crippen LogP) is 4.29. The third kappa shape index (κ3) is 2.58. The number of hydrogen-bond donors (Lipinski definition) is 0. The average molecular weight is 256 g/mol. The topological polar surface area (TPSA) is 12.5 Å². The van der Waals surface area contributed by atoms with Gasteiger partial charge in [0.1, 0.15) is 5.60 Å². The smallest absolute Gasteiger partial charge is 0.364 e. The van der Waals surface area contributed by atoms with Crippen LogP contribution in [0.15, 0.2) is 36.9 Å². The second-order valence-electron chi connectivity index (χ2n) is 4.51. The van der Waals surface area contributed by atoms with Crippen molar-refractivity contribution >= 4 is 0 Å². The Bertz CT molecular complexity index is 433. The Morgan fingerprint density at radius 2 is 2.00 bits per heavy atom. The molecule has 2 rings (SSSR count). The van der Waals surface area contributed by atoms with E-state index >= 15 is 0 Å². The molecule has 0 saturated carbocycles. The lowest BCUT2D eigenvalue weighted by Crippen LogP contribution is -2.17. The van der Waals surface area contributed by atoms with Crippen molar-refractivity contribution in [2.75, 3.05) is 6.61 Å². The molecular formula is C14H15F3O. The highest BCUT2D eigenvalue weighted by Gasteiger charge is 2.50. The van der Waals surface area contributed by atoms with E-state index in [1.807, 2.05) is 0 Å². The first-order valence-corrected chi connectivity index (χ1v) is 5.91. The van der Waals surface area contributed by atoms with E-state index in [2.05, 4.69) is 6.58 Å². The van der Waals surface area contributed by atoms with Crippen molar-refractivity contribution in [3.8, 4) is 0 Å². The molecule has 0 bridgehead atoms. The molecule has 1 nitrogen and oxygen atoms in total. The molecule has 1 aliphatic rings.